The van der Waals surface area contributed by atoms with Gasteiger partial charge in [0.05, 0.1) is 11.9 Å². The molecule has 7 aromatic heterocycles. The number of halogens is 6. The molecular formula is C44H37F6N11O5. The summed E-state index contributed by atoms with van der Waals surface area (Å²) in [6, 6.07) is 28.9. The van der Waals surface area contributed by atoms with Crippen molar-refractivity contribution in [1.82, 2.24) is 50.5 Å². The molecule has 2 aromatic carbocycles. The van der Waals surface area contributed by atoms with E-state index in [-0.39, 0.29) is 23.5 Å². The Morgan fingerprint density at radius 3 is 1.53 bits per heavy atom. The van der Waals surface area contributed by atoms with Crippen LogP contribution in [0, 0.1) is 20.8 Å². The first-order chi connectivity index (χ1) is 31.2. The third-order valence-corrected chi connectivity index (χ3v) is 9.41. The van der Waals surface area contributed by atoms with Crippen molar-refractivity contribution in [3.8, 4) is 22.5 Å². The summed E-state index contributed by atoms with van der Waals surface area (Å²) in [5.74, 6) is -3.41. The average molecular weight is 914 g/mol. The second-order valence-corrected chi connectivity index (χ2v) is 14.4. The molecule has 0 bridgehead atoms. The number of Topliss-reactive ketones (excluding diaryl/α,β-unsaturated/α-hetero) is 1. The Kier molecular flexibility index (Phi) is 13.8. The maximum Gasteiger partial charge on any atom is 0.420 e. The number of H-pyrrole nitrogens is 5. The second-order valence-electron chi connectivity index (χ2n) is 14.4. The van der Waals surface area contributed by atoms with Gasteiger partial charge in [-0.2, -0.15) is 41.6 Å². The number of aromatic carboxylic acids is 2. The number of benzene rings is 2. The van der Waals surface area contributed by atoms with Crippen LogP contribution in [0.25, 0.3) is 44.6 Å². The molecule has 0 fully saturated rings. The monoisotopic (exact) mass is 913 g/mol. The number of ketones is 1. The Hall–Kier alpha value is -8.56. The normalized spacial score (nSPS) is 11.2. The summed E-state index contributed by atoms with van der Waals surface area (Å²) in [5.41, 5.74) is 8.99. The zero-order valence-corrected chi connectivity index (χ0v) is 34.7. The van der Waals surface area contributed by atoms with Crippen LogP contribution < -0.4 is 5.73 Å². The maximum absolute atomic E-state index is 13.2. The van der Waals surface area contributed by atoms with Crippen LogP contribution in [0.1, 0.15) is 65.2 Å². The molecule has 0 spiro atoms. The number of anilines is 1. The molecule has 0 aliphatic carbocycles. The fraction of sp³-hybridized carbons (Fsp3) is 0.136. The highest BCUT2D eigenvalue weighted by molar-refractivity contribution is 5.98. The minimum absolute atomic E-state index is 0.0625. The zero-order chi connectivity index (χ0) is 47.9. The molecule has 0 radical (unpaired) electrons. The van der Waals surface area contributed by atoms with Gasteiger partial charge in [-0.3, -0.25) is 20.1 Å². The number of nitrogens with two attached hydrogens (primary N) is 1. The Morgan fingerprint density at radius 2 is 1.09 bits per heavy atom. The molecule has 0 aliphatic rings. The van der Waals surface area contributed by atoms with Crippen molar-refractivity contribution in [3.63, 3.8) is 0 Å². The summed E-state index contributed by atoms with van der Waals surface area (Å²) in [4.78, 5) is 47.9. The molecule has 0 saturated carbocycles. The lowest BCUT2D eigenvalue weighted by molar-refractivity contribution is -0.139. The third-order valence-electron chi connectivity index (χ3n) is 9.41. The number of nitrogens with one attached hydrogen (secondary N) is 5. The summed E-state index contributed by atoms with van der Waals surface area (Å²) < 4.78 is 76.1. The molecule has 0 saturated heterocycles. The molecule has 9 aromatic rings. The van der Waals surface area contributed by atoms with E-state index in [1.807, 2.05) is 65.8 Å². The average Bonchev–Trinajstić information content (AvgIpc) is 4.12. The number of rotatable bonds is 7. The number of hydrogen-bond acceptors (Lipinski definition) is 9. The van der Waals surface area contributed by atoms with Crippen LogP contribution >= 0.6 is 0 Å². The number of hydrogen-bond donors (Lipinski definition) is 8. The quantitative estimate of drug-likeness (QED) is 0.0551. The van der Waals surface area contributed by atoms with E-state index in [0.29, 0.717) is 16.9 Å². The van der Waals surface area contributed by atoms with E-state index in [4.69, 9.17) is 15.9 Å². The van der Waals surface area contributed by atoms with Crippen molar-refractivity contribution in [1.29, 1.82) is 0 Å². The van der Waals surface area contributed by atoms with Crippen LogP contribution in [0.2, 0.25) is 0 Å². The number of fused-ring (bicyclic) bond motifs is 2. The first kappa shape index (κ1) is 46.9. The molecule has 0 atom stereocenters. The number of nitrogens with zero attached hydrogens (tertiary/aromatic N) is 5. The summed E-state index contributed by atoms with van der Waals surface area (Å²) in [6.07, 6.45) is -6.41. The maximum atomic E-state index is 13.2. The lowest BCUT2D eigenvalue weighted by Crippen LogP contribution is -2.14. The van der Waals surface area contributed by atoms with E-state index >= 15 is 0 Å². The van der Waals surface area contributed by atoms with Gasteiger partial charge in [0.25, 0.3) is 0 Å². The molecular weight excluding hydrogens is 877 g/mol. The fourth-order valence-corrected chi connectivity index (χ4v) is 6.44. The molecule has 16 nitrogen and oxygen atoms in total. The first-order valence-electron chi connectivity index (χ1n) is 19.3. The van der Waals surface area contributed by atoms with Gasteiger partial charge >= 0.3 is 24.3 Å². The van der Waals surface area contributed by atoms with E-state index in [1.165, 1.54) is 19.2 Å². The van der Waals surface area contributed by atoms with Crippen molar-refractivity contribution in [2.24, 2.45) is 0 Å². The molecule has 0 aliphatic heterocycles. The minimum Gasteiger partial charge on any atom is -0.476 e. The standard InChI is InChI=1S/C20H15F3N4O.C13H11N3.C6H5F3N2O2.C5H6N2O2/c1-11-17(20(21,22)23)18(27-26-11)16(28)8-12-7-14-9-15(25-19(14)24-10-12)13-5-3-2-4-6-13;14-11-6-10-7-12(16-13(10)15-8-11)9-4-2-1-3-5-9;1-2-3(6(7,8)9)4(5(12)13)11-10-2;1-3-2-4(5(8)9)7-6-3/h2-7,9-10H,8H2,1H3,(H,24,25)(H,26,27);1-8H,14H2,(H,15,16);1H3,(H,10,11)(H,12,13);2H,1H3,(H,6,7)(H,8,9). The van der Waals surface area contributed by atoms with E-state index in [9.17, 15) is 40.7 Å². The van der Waals surface area contributed by atoms with E-state index in [2.05, 4.69) is 63.6 Å². The highest BCUT2D eigenvalue weighted by atomic mass is 19.4. The van der Waals surface area contributed by atoms with Crippen molar-refractivity contribution >= 4 is 45.5 Å². The summed E-state index contributed by atoms with van der Waals surface area (Å²) >= 11 is 0. The number of pyridine rings is 2. The van der Waals surface area contributed by atoms with Crippen LogP contribution in [0.3, 0.4) is 0 Å². The first-order valence-corrected chi connectivity index (χ1v) is 19.3. The van der Waals surface area contributed by atoms with Gasteiger partial charge in [-0.25, -0.2) is 19.6 Å². The molecule has 9 N–H and O–H groups in total. The van der Waals surface area contributed by atoms with Gasteiger partial charge in [-0.05, 0) is 67.8 Å². The van der Waals surface area contributed by atoms with Crippen molar-refractivity contribution in [3.05, 3.63) is 154 Å². The zero-order valence-electron chi connectivity index (χ0n) is 34.7. The number of carbonyl (C=O) groups excluding carboxylic acids is 1. The van der Waals surface area contributed by atoms with Crippen LogP contribution in [-0.2, 0) is 18.8 Å². The second kappa shape index (κ2) is 19.5. The number of aromatic amines is 5. The van der Waals surface area contributed by atoms with Gasteiger partial charge in [0.15, 0.2) is 17.2 Å². The lowest BCUT2D eigenvalue weighted by atomic mass is 10.0. The lowest BCUT2D eigenvalue weighted by Gasteiger charge is -2.07. The number of carboxylic acids is 2. The number of aromatic nitrogens is 10. The van der Waals surface area contributed by atoms with E-state index < -0.39 is 52.6 Å². The highest BCUT2D eigenvalue weighted by Crippen LogP contribution is 2.35. The Labute approximate surface area is 368 Å². The number of alkyl halides is 6. The topological polar surface area (TPSA) is 261 Å². The predicted octanol–water partition coefficient (Wildman–Crippen LogP) is 9.37. The summed E-state index contributed by atoms with van der Waals surface area (Å²) in [5, 5.41) is 35.3. The molecule has 340 valence electrons. The van der Waals surface area contributed by atoms with Gasteiger partial charge in [0, 0.05) is 51.9 Å². The van der Waals surface area contributed by atoms with Crippen LogP contribution in [0.15, 0.2) is 103 Å². The molecule has 0 unspecified atom stereocenters. The largest absolute Gasteiger partial charge is 0.476 e. The Balaban J connectivity index is 0.000000160. The van der Waals surface area contributed by atoms with Gasteiger partial charge in [0.2, 0.25) is 0 Å². The summed E-state index contributed by atoms with van der Waals surface area (Å²) in [7, 11) is 0. The van der Waals surface area contributed by atoms with Gasteiger partial charge in [-0.1, -0.05) is 60.7 Å². The van der Waals surface area contributed by atoms with Gasteiger partial charge < -0.3 is 25.9 Å². The fourth-order valence-electron chi connectivity index (χ4n) is 6.44. The molecule has 0 amide bonds. The predicted molar refractivity (Wildman–Crippen MR) is 229 cm³/mol. The Morgan fingerprint density at radius 1 is 0.606 bits per heavy atom. The third kappa shape index (κ3) is 11.3. The van der Waals surface area contributed by atoms with Crippen molar-refractivity contribution < 1.29 is 50.9 Å². The summed E-state index contributed by atoms with van der Waals surface area (Å²) in [6.45, 7) is 4.10. The number of aryl methyl sites for hydroxylation is 3. The van der Waals surface area contributed by atoms with Crippen LogP contribution in [0.5, 0.6) is 0 Å². The minimum atomic E-state index is -4.69. The SMILES string of the molecule is Cc1[nH]nc(C(=O)Cc2cnc3[nH]c(-c4ccccc4)cc3c2)c1C(F)(F)F.Cc1[nH]nc(C(=O)O)c1C(F)(F)F.Cc1cc(C(=O)O)n[nH]1.Nc1cnc2[nH]c(-c3ccccc3)cc2c1. The number of carboxylic acid groups (broad SMARTS) is 2. The van der Waals surface area contributed by atoms with Crippen molar-refractivity contribution in [2.45, 2.75) is 39.5 Å². The van der Waals surface area contributed by atoms with Crippen molar-refractivity contribution in [2.75, 3.05) is 5.73 Å². The molecule has 22 heteroatoms. The number of nitrogen functional groups attached to an aromatic ring is 1. The van der Waals surface area contributed by atoms with E-state index in [0.717, 1.165) is 51.6 Å². The van der Waals surface area contributed by atoms with Gasteiger partial charge in [0.1, 0.15) is 28.1 Å². The van der Waals surface area contributed by atoms with E-state index in [1.54, 1.807) is 19.2 Å². The van der Waals surface area contributed by atoms with Crippen LogP contribution in [-0.4, -0.2) is 78.5 Å². The molecule has 7 heterocycles. The Bertz CT molecular complexity index is 3130. The number of carbonyl (C=O) groups is 3. The van der Waals surface area contributed by atoms with Gasteiger partial charge in [-0.15, -0.1) is 0 Å². The highest BCUT2D eigenvalue weighted by Gasteiger charge is 2.40. The molecule has 9 rings (SSSR count). The smallest absolute Gasteiger partial charge is 0.420 e. The van der Waals surface area contributed by atoms with Crippen LogP contribution in [0.4, 0.5) is 32.0 Å². The molecule has 66 heavy (non-hydrogen) atoms.